The van der Waals surface area contributed by atoms with Crippen molar-refractivity contribution in [2.75, 3.05) is 0 Å². The van der Waals surface area contributed by atoms with Gasteiger partial charge in [-0.25, -0.2) is 0 Å². The fourth-order valence-corrected chi connectivity index (χ4v) is 11.2. The van der Waals surface area contributed by atoms with Gasteiger partial charge < -0.3 is 4.57 Å². The third-order valence-corrected chi connectivity index (χ3v) is 14.5. The Balaban J connectivity index is 0.979. The van der Waals surface area contributed by atoms with Gasteiger partial charge in [0, 0.05) is 47.2 Å². The quantitative estimate of drug-likeness (QED) is 0.129. The molecule has 294 valence electrons. The zero-order chi connectivity index (χ0) is 41.7. The van der Waals surface area contributed by atoms with Crippen LogP contribution in [0.4, 0.5) is 0 Å². The molecule has 2 heterocycles. The normalized spacial score (nSPS) is 13.9. The van der Waals surface area contributed by atoms with Crippen molar-refractivity contribution in [1.82, 2.24) is 4.57 Å². The molecule has 8 aromatic rings. The zero-order valence-electron chi connectivity index (χ0n) is 34.2. The van der Waals surface area contributed by atoms with Gasteiger partial charge in [0.1, 0.15) is 0 Å². The standard InChI is InChI=1S/C56H43N3S2/c1-6-42-45-31-40(39-24-28-46-43(30-39)44-32-54-55(33-47(44)56(46,3)4)61-53-21-15-14-20-52(53)60-54)25-29-51(45)59(50(42)7-2)41-26-22-36(23-27-41)35-58-49(38-18-12-9-13-19-38)34-48(57-5)37-16-10-8-11-17-37/h6-34H,1-2,5,35H2,3-4H3/b48-34-,58-49?. The smallest absolute Gasteiger partial charge is 0.0716 e. The molecule has 5 heteroatoms. The van der Waals surface area contributed by atoms with Gasteiger partial charge in [0.2, 0.25) is 0 Å². The Morgan fingerprint density at radius 3 is 1.92 bits per heavy atom. The van der Waals surface area contributed by atoms with Gasteiger partial charge in [0.05, 0.1) is 29.2 Å². The summed E-state index contributed by atoms with van der Waals surface area (Å²) in [5, 5.41) is 1.14. The average Bonchev–Trinajstić information content (AvgIpc) is 3.74. The van der Waals surface area contributed by atoms with Gasteiger partial charge in [0.25, 0.3) is 0 Å². The number of aromatic nitrogens is 1. The summed E-state index contributed by atoms with van der Waals surface area (Å²) in [5.41, 5.74) is 16.7. The Labute approximate surface area is 366 Å². The molecule has 1 aliphatic heterocycles. The molecule has 3 nitrogen and oxygen atoms in total. The van der Waals surface area contributed by atoms with E-state index in [-0.39, 0.29) is 5.41 Å². The van der Waals surface area contributed by atoms with Crippen molar-refractivity contribution in [1.29, 1.82) is 0 Å². The van der Waals surface area contributed by atoms with Crippen molar-refractivity contribution in [3.63, 3.8) is 0 Å². The predicted octanol–water partition coefficient (Wildman–Crippen LogP) is 15.2. The van der Waals surface area contributed by atoms with Crippen molar-refractivity contribution in [2.24, 2.45) is 9.98 Å². The molecule has 0 bridgehead atoms. The lowest BCUT2D eigenvalue weighted by Gasteiger charge is -2.24. The van der Waals surface area contributed by atoms with E-state index in [1.165, 1.54) is 53.0 Å². The van der Waals surface area contributed by atoms with Crippen molar-refractivity contribution >= 4 is 64.7 Å². The fraction of sp³-hybridized carbons (Fsp3) is 0.0714. The number of nitrogens with zero attached hydrogens (tertiary/aromatic N) is 3. The van der Waals surface area contributed by atoms with Crippen molar-refractivity contribution in [3.8, 4) is 27.9 Å². The molecule has 0 saturated carbocycles. The number of hydrogen-bond donors (Lipinski definition) is 0. The van der Waals surface area contributed by atoms with Gasteiger partial charge in [-0.1, -0.05) is 160 Å². The second-order valence-electron chi connectivity index (χ2n) is 15.9. The molecule has 10 rings (SSSR count). The summed E-state index contributed by atoms with van der Waals surface area (Å²) >= 11 is 3.78. The zero-order valence-corrected chi connectivity index (χ0v) is 35.9. The van der Waals surface area contributed by atoms with E-state index in [4.69, 9.17) is 4.99 Å². The highest BCUT2D eigenvalue weighted by Gasteiger charge is 2.37. The number of hydrogen-bond acceptors (Lipinski definition) is 4. The summed E-state index contributed by atoms with van der Waals surface area (Å²) in [5.74, 6) is 0. The van der Waals surface area contributed by atoms with Gasteiger partial charge in [-0.15, -0.1) is 0 Å². The van der Waals surface area contributed by atoms with Crippen LogP contribution in [-0.2, 0) is 12.0 Å². The Kier molecular flexibility index (Phi) is 9.95. The van der Waals surface area contributed by atoms with Gasteiger partial charge in [0.15, 0.2) is 0 Å². The van der Waals surface area contributed by atoms with E-state index in [0.717, 1.165) is 55.9 Å². The van der Waals surface area contributed by atoms with Crippen molar-refractivity contribution in [2.45, 2.75) is 45.4 Å². The van der Waals surface area contributed by atoms with Crippen LogP contribution in [0.5, 0.6) is 0 Å². The molecule has 0 fully saturated rings. The number of aliphatic imine (C=N–C) groups is 2. The van der Waals surface area contributed by atoms with E-state index >= 15 is 0 Å². The maximum Gasteiger partial charge on any atom is 0.0716 e. The first kappa shape index (κ1) is 38.5. The van der Waals surface area contributed by atoms with Crippen LogP contribution >= 0.6 is 23.5 Å². The molecule has 2 aliphatic rings. The molecule has 0 spiro atoms. The highest BCUT2D eigenvalue weighted by molar-refractivity contribution is 8.05. The van der Waals surface area contributed by atoms with Gasteiger partial charge in [-0.2, -0.15) is 0 Å². The summed E-state index contributed by atoms with van der Waals surface area (Å²) in [7, 11) is 0. The van der Waals surface area contributed by atoms with Crippen LogP contribution in [0.1, 0.15) is 52.9 Å². The molecule has 61 heavy (non-hydrogen) atoms. The van der Waals surface area contributed by atoms with E-state index in [0.29, 0.717) is 6.54 Å². The van der Waals surface area contributed by atoms with E-state index < -0.39 is 0 Å². The number of fused-ring (bicyclic) bond motifs is 6. The lowest BCUT2D eigenvalue weighted by atomic mass is 9.82. The maximum absolute atomic E-state index is 5.10. The van der Waals surface area contributed by atoms with Crippen LogP contribution in [0.3, 0.4) is 0 Å². The Hall–Kier alpha value is -6.66. The second-order valence-corrected chi connectivity index (χ2v) is 18.1. The first-order valence-electron chi connectivity index (χ1n) is 20.5. The fourth-order valence-electron chi connectivity index (χ4n) is 8.88. The minimum atomic E-state index is -0.0888. The highest BCUT2D eigenvalue weighted by Crippen LogP contribution is 2.56. The molecule has 1 aliphatic carbocycles. The summed E-state index contributed by atoms with van der Waals surface area (Å²) < 4.78 is 2.29. The summed E-state index contributed by atoms with van der Waals surface area (Å²) in [4.78, 5) is 14.8. The molecule has 0 atom stereocenters. The number of benzene rings is 7. The third kappa shape index (κ3) is 6.84. The Morgan fingerprint density at radius 2 is 1.25 bits per heavy atom. The largest absolute Gasteiger partial charge is 0.309 e. The van der Waals surface area contributed by atoms with Gasteiger partial charge in [-0.3, -0.25) is 9.98 Å². The van der Waals surface area contributed by atoms with Gasteiger partial charge >= 0.3 is 0 Å². The molecule has 0 radical (unpaired) electrons. The molecule has 7 aromatic carbocycles. The lowest BCUT2D eigenvalue weighted by molar-refractivity contribution is 0.657. The molecule has 0 unspecified atom stereocenters. The van der Waals surface area contributed by atoms with E-state index in [2.05, 4.69) is 152 Å². The lowest BCUT2D eigenvalue weighted by Crippen LogP contribution is -2.15. The first-order chi connectivity index (χ1) is 29.8. The van der Waals surface area contributed by atoms with Crippen LogP contribution in [0.15, 0.2) is 207 Å². The van der Waals surface area contributed by atoms with E-state index in [1.807, 2.05) is 90.3 Å². The minimum Gasteiger partial charge on any atom is -0.309 e. The maximum atomic E-state index is 5.10. The van der Waals surface area contributed by atoms with E-state index in [9.17, 15) is 0 Å². The van der Waals surface area contributed by atoms with Crippen molar-refractivity contribution in [3.05, 3.63) is 216 Å². The molecule has 0 saturated heterocycles. The topological polar surface area (TPSA) is 29.6 Å². The molecular formula is C56H43N3S2. The number of rotatable bonds is 10. The highest BCUT2D eigenvalue weighted by atomic mass is 32.2. The van der Waals surface area contributed by atoms with Crippen LogP contribution in [-0.4, -0.2) is 17.0 Å². The summed E-state index contributed by atoms with van der Waals surface area (Å²) in [6.07, 6.45) is 5.92. The second kappa shape index (κ2) is 15.7. The van der Waals surface area contributed by atoms with Crippen LogP contribution in [0.2, 0.25) is 0 Å². The van der Waals surface area contributed by atoms with Gasteiger partial charge in [-0.05, 0) is 118 Å². The monoisotopic (exact) mass is 821 g/mol. The van der Waals surface area contributed by atoms with E-state index in [1.54, 1.807) is 0 Å². The van der Waals surface area contributed by atoms with Crippen LogP contribution < -0.4 is 0 Å². The summed E-state index contributed by atoms with van der Waals surface area (Å²) in [6, 6.07) is 56.5. The molecule has 1 aromatic heterocycles. The molecule has 0 amide bonds. The first-order valence-corrected chi connectivity index (χ1v) is 22.1. The molecular weight excluding hydrogens is 779 g/mol. The van der Waals surface area contributed by atoms with Crippen molar-refractivity contribution < 1.29 is 0 Å². The van der Waals surface area contributed by atoms with Crippen LogP contribution in [0, 0.1) is 0 Å². The minimum absolute atomic E-state index is 0.0888. The SMILES string of the molecule is C=Cc1c(C=C)n(-c2ccc(CN=C(/C=C(\N=C)c3ccccc3)c3ccccc3)cc2)c2ccc(-c3ccc4c(c3)-c3cc5c(cc3C4(C)C)Sc3ccccc3S5)cc12. The number of allylic oxidation sites excluding steroid dienone is 1. The predicted molar refractivity (Wildman–Crippen MR) is 262 cm³/mol. The summed E-state index contributed by atoms with van der Waals surface area (Å²) in [6.45, 7) is 17.6. The Morgan fingerprint density at radius 1 is 0.623 bits per heavy atom. The average molecular weight is 822 g/mol. The van der Waals surface area contributed by atoms with Crippen LogP contribution in [0.25, 0.3) is 56.7 Å². The third-order valence-electron chi connectivity index (χ3n) is 12.0. The molecule has 0 N–H and O–H groups in total. The Bertz CT molecular complexity index is 3110.